The van der Waals surface area contributed by atoms with Gasteiger partial charge >= 0.3 is 0 Å². The molecule has 0 radical (unpaired) electrons. The van der Waals surface area contributed by atoms with Gasteiger partial charge in [-0.05, 0) is 38.5 Å². The van der Waals surface area contributed by atoms with Crippen molar-refractivity contribution in [1.29, 1.82) is 0 Å². The van der Waals surface area contributed by atoms with Crippen molar-refractivity contribution < 1.29 is 14.7 Å². The number of anilines is 1. The first-order valence-corrected chi connectivity index (χ1v) is 7.75. The van der Waals surface area contributed by atoms with Gasteiger partial charge < -0.3 is 15.2 Å². The number of pyridine rings is 1. The quantitative estimate of drug-likeness (QED) is 0.764. The molecule has 0 spiro atoms. The molecule has 0 fully saturated rings. The summed E-state index contributed by atoms with van der Waals surface area (Å²) in [4.78, 5) is 27.0. The lowest BCUT2D eigenvalue weighted by Crippen LogP contribution is -2.24. The van der Waals surface area contributed by atoms with E-state index in [1.54, 1.807) is 4.68 Å². The first kappa shape index (κ1) is 15.9. The van der Waals surface area contributed by atoms with Gasteiger partial charge in [0.05, 0.1) is 10.9 Å². The van der Waals surface area contributed by atoms with Crippen molar-refractivity contribution in [2.24, 2.45) is 0 Å². The van der Waals surface area contributed by atoms with Gasteiger partial charge in [-0.25, -0.2) is 9.67 Å². The second kappa shape index (κ2) is 6.27. The smallest absolute Gasteiger partial charge is 0.225 e. The second-order valence-electron chi connectivity index (χ2n) is 5.64. The standard InChI is InChI=1S/C17H18N4O3/c1-3-21-17-12(9-11-8-10(2)4-5-13(11)18-17)16(20-21)19-14(22)6-7-15(23)24/h4-5,8-9H,3,6-7H2,1-2H3,(H,23,24)(H,19,20,22)/p-1. The minimum atomic E-state index is -1.25. The van der Waals surface area contributed by atoms with Crippen molar-refractivity contribution in [3.05, 3.63) is 29.8 Å². The van der Waals surface area contributed by atoms with Crippen LogP contribution in [0.25, 0.3) is 21.9 Å². The number of aliphatic carboxylic acids is 1. The number of fused-ring (bicyclic) bond motifs is 2. The van der Waals surface area contributed by atoms with Crippen LogP contribution in [0.15, 0.2) is 24.3 Å². The second-order valence-corrected chi connectivity index (χ2v) is 5.64. The lowest BCUT2D eigenvalue weighted by Gasteiger charge is -2.04. The zero-order chi connectivity index (χ0) is 17.3. The van der Waals surface area contributed by atoms with Crippen LogP contribution in [-0.4, -0.2) is 26.6 Å². The van der Waals surface area contributed by atoms with Crippen LogP contribution in [0, 0.1) is 6.92 Å². The van der Waals surface area contributed by atoms with Crippen molar-refractivity contribution in [3.8, 4) is 0 Å². The summed E-state index contributed by atoms with van der Waals surface area (Å²) in [6, 6.07) is 7.91. The molecule has 0 bridgehead atoms. The van der Waals surface area contributed by atoms with Crippen LogP contribution in [0.2, 0.25) is 0 Å². The Balaban J connectivity index is 2.03. The highest BCUT2D eigenvalue weighted by atomic mass is 16.4. The van der Waals surface area contributed by atoms with E-state index >= 15 is 0 Å². The molecular weight excluding hydrogens is 308 g/mol. The number of benzene rings is 1. The van der Waals surface area contributed by atoms with E-state index in [9.17, 15) is 14.7 Å². The third kappa shape index (κ3) is 3.05. The van der Waals surface area contributed by atoms with Gasteiger partial charge in [0.15, 0.2) is 11.5 Å². The number of carboxylic acid groups (broad SMARTS) is 1. The van der Waals surface area contributed by atoms with Crippen LogP contribution in [0.3, 0.4) is 0 Å². The number of aryl methyl sites for hydroxylation is 2. The molecule has 124 valence electrons. The molecule has 24 heavy (non-hydrogen) atoms. The van der Waals surface area contributed by atoms with Crippen molar-refractivity contribution >= 4 is 39.6 Å². The van der Waals surface area contributed by atoms with Crippen molar-refractivity contribution in [2.45, 2.75) is 33.2 Å². The molecule has 0 aliphatic carbocycles. The maximum Gasteiger partial charge on any atom is 0.225 e. The molecular formula is C17H17N4O3-. The predicted octanol–water partition coefficient (Wildman–Crippen LogP) is 1.38. The molecule has 0 saturated carbocycles. The summed E-state index contributed by atoms with van der Waals surface area (Å²) in [5.41, 5.74) is 2.66. The van der Waals surface area contributed by atoms with Gasteiger partial charge in [0, 0.05) is 24.3 Å². The minimum Gasteiger partial charge on any atom is -0.550 e. The Morgan fingerprint density at radius 2 is 2.04 bits per heavy atom. The Morgan fingerprint density at radius 1 is 1.25 bits per heavy atom. The summed E-state index contributed by atoms with van der Waals surface area (Å²) in [6.45, 7) is 4.55. The summed E-state index contributed by atoms with van der Waals surface area (Å²) < 4.78 is 1.71. The number of carbonyl (C=O) groups is 2. The molecule has 0 unspecified atom stereocenters. The van der Waals surface area contributed by atoms with Crippen molar-refractivity contribution in [2.75, 3.05) is 5.32 Å². The van der Waals surface area contributed by atoms with E-state index in [4.69, 9.17) is 0 Å². The lowest BCUT2D eigenvalue weighted by atomic mass is 10.1. The van der Waals surface area contributed by atoms with E-state index < -0.39 is 11.9 Å². The van der Waals surface area contributed by atoms with Crippen LogP contribution in [0.5, 0.6) is 0 Å². The summed E-state index contributed by atoms with van der Waals surface area (Å²) in [5.74, 6) is -1.27. The number of nitrogens with one attached hydrogen (secondary N) is 1. The summed E-state index contributed by atoms with van der Waals surface area (Å²) in [7, 11) is 0. The number of aromatic nitrogens is 3. The van der Waals surface area contributed by atoms with E-state index in [1.807, 2.05) is 38.1 Å². The Kier molecular flexibility index (Phi) is 4.16. The molecule has 0 saturated heterocycles. The number of amides is 1. The third-order valence-electron chi connectivity index (χ3n) is 3.78. The highest BCUT2D eigenvalue weighted by Crippen LogP contribution is 2.26. The zero-order valence-electron chi connectivity index (χ0n) is 13.5. The average Bonchev–Trinajstić information content (AvgIpc) is 2.87. The third-order valence-corrected chi connectivity index (χ3v) is 3.78. The van der Waals surface area contributed by atoms with E-state index in [1.165, 1.54) is 0 Å². The fourth-order valence-corrected chi connectivity index (χ4v) is 2.60. The molecule has 3 aromatic rings. The number of hydrogen-bond acceptors (Lipinski definition) is 5. The minimum absolute atomic E-state index is 0.150. The molecule has 1 aromatic carbocycles. The van der Waals surface area contributed by atoms with Crippen molar-refractivity contribution in [1.82, 2.24) is 14.8 Å². The van der Waals surface area contributed by atoms with E-state index in [2.05, 4.69) is 15.4 Å². The first-order chi connectivity index (χ1) is 11.5. The number of nitrogens with zero attached hydrogens (tertiary/aromatic N) is 3. The Labute approximate surface area is 138 Å². The molecule has 0 aliphatic rings. The predicted molar refractivity (Wildman–Crippen MR) is 88.3 cm³/mol. The van der Waals surface area contributed by atoms with Crippen LogP contribution in [-0.2, 0) is 16.1 Å². The number of carbonyl (C=O) groups excluding carboxylic acids is 2. The van der Waals surface area contributed by atoms with E-state index in [0.29, 0.717) is 18.0 Å². The zero-order valence-corrected chi connectivity index (χ0v) is 13.5. The molecule has 2 aromatic heterocycles. The van der Waals surface area contributed by atoms with Gasteiger partial charge in [0.1, 0.15) is 0 Å². The monoisotopic (exact) mass is 325 g/mol. The van der Waals surface area contributed by atoms with Crippen LogP contribution < -0.4 is 10.4 Å². The molecule has 7 heteroatoms. The van der Waals surface area contributed by atoms with E-state index in [-0.39, 0.29) is 12.8 Å². The normalized spacial score (nSPS) is 11.1. The molecule has 1 amide bonds. The molecule has 2 heterocycles. The van der Waals surface area contributed by atoms with Gasteiger partial charge in [-0.3, -0.25) is 4.79 Å². The SMILES string of the molecule is CCn1nc(NC(=O)CCC(=O)[O-])c2cc3cc(C)ccc3nc21. The summed E-state index contributed by atoms with van der Waals surface area (Å²) in [5, 5.41) is 19.2. The average molecular weight is 325 g/mol. The fraction of sp³-hybridized carbons (Fsp3) is 0.294. The molecule has 0 atom stereocenters. The van der Waals surface area contributed by atoms with Gasteiger partial charge in [-0.2, -0.15) is 5.10 Å². The van der Waals surface area contributed by atoms with Gasteiger partial charge in [-0.15, -0.1) is 0 Å². The maximum atomic E-state index is 11.9. The molecule has 1 N–H and O–H groups in total. The molecule has 7 nitrogen and oxygen atoms in total. The highest BCUT2D eigenvalue weighted by Gasteiger charge is 2.14. The highest BCUT2D eigenvalue weighted by molar-refractivity contribution is 6.03. The van der Waals surface area contributed by atoms with Crippen molar-refractivity contribution in [3.63, 3.8) is 0 Å². The topological polar surface area (TPSA) is 99.9 Å². The van der Waals surface area contributed by atoms with Gasteiger partial charge in [-0.1, -0.05) is 11.6 Å². The number of rotatable bonds is 5. The molecule has 3 rings (SSSR count). The maximum absolute atomic E-state index is 11.9. The van der Waals surface area contributed by atoms with E-state index in [0.717, 1.165) is 21.9 Å². The largest absolute Gasteiger partial charge is 0.550 e. The fourth-order valence-electron chi connectivity index (χ4n) is 2.60. The number of hydrogen-bond donors (Lipinski definition) is 1. The Hall–Kier alpha value is -2.96. The van der Waals surface area contributed by atoms with Gasteiger partial charge in [0.25, 0.3) is 0 Å². The lowest BCUT2D eigenvalue weighted by molar-refractivity contribution is -0.305. The number of carboxylic acids is 1. The summed E-state index contributed by atoms with van der Waals surface area (Å²) >= 11 is 0. The molecule has 0 aliphatic heterocycles. The van der Waals surface area contributed by atoms with Gasteiger partial charge in [0.2, 0.25) is 5.91 Å². The van der Waals surface area contributed by atoms with Crippen LogP contribution in [0.1, 0.15) is 25.3 Å². The summed E-state index contributed by atoms with van der Waals surface area (Å²) in [6.07, 6.45) is -0.471. The Morgan fingerprint density at radius 3 is 2.75 bits per heavy atom. The first-order valence-electron chi connectivity index (χ1n) is 7.75. The Bertz CT molecular complexity index is 946. The van der Waals surface area contributed by atoms with Crippen LogP contribution >= 0.6 is 0 Å². The van der Waals surface area contributed by atoms with Crippen LogP contribution in [0.4, 0.5) is 5.82 Å².